The second kappa shape index (κ2) is 4.28. The normalized spacial score (nSPS) is 36.9. The summed E-state index contributed by atoms with van der Waals surface area (Å²) in [4.78, 5) is 20.7. The first-order chi connectivity index (χ1) is 5.77. The predicted molar refractivity (Wildman–Crippen MR) is 46.8 cm³/mol. The van der Waals surface area contributed by atoms with Crippen LogP contribution in [0.1, 0.15) is 32.6 Å². The average molecular weight is 170 g/mol. The maximum atomic E-state index is 10.3. The molecule has 0 amide bonds. The van der Waals surface area contributed by atoms with Crippen molar-refractivity contribution < 1.29 is 0 Å². The zero-order valence-corrected chi connectivity index (χ0v) is 7.27. The lowest BCUT2D eigenvalue weighted by Gasteiger charge is -2.08. The van der Waals surface area contributed by atoms with Crippen molar-refractivity contribution in [2.24, 2.45) is 16.3 Å². The van der Waals surface area contributed by atoms with Crippen LogP contribution >= 0.6 is 0 Å². The predicted octanol–water partition coefficient (Wildman–Crippen LogP) is 2.47. The van der Waals surface area contributed by atoms with Crippen molar-refractivity contribution in [3.8, 4) is 0 Å². The largest absolute Gasteiger partial charge is 0.150 e. The maximum Gasteiger partial charge on any atom is 0.118 e. The lowest BCUT2D eigenvalue weighted by Crippen LogP contribution is -2.19. The van der Waals surface area contributed by atoms with Gasteiger partial charge in [0.05, 0.1) is 0 Å². The third-order valence-electron chi connectivity index (χ3n) is 2.63. The highest BCUT2D eigenvalue weighted by Crippen LogP contribution is 2.26. The second-order valence-electron chi connectivity index (χ2n) is 3.61. The molecule has 1 rings (SSSR count). The number of hydrogen-bond donors (Lipinski definition) is 0. The van der Waals surface area contributed by atoms with E-state index in [-0.39, 0.29) is 12.1 Å². The third kappa shape index (κ3) is 2.09. The van der Waals surface area contributed by atoms with Crippen molar-refractivity contribution >= 4 is 0 Å². The first-order valence-electron chi connectivity index (χ1n) is 4.43. The summed E-state index contributed by atoms with van der Waals surface area (Å²) >= 11 is 0. The van der Waals surface area contributed by atoms with Crippen LogP contribution in [0.25, 0.3) is 0 Å². The van der Waals surface area contributed by atoms with Gasteiger partial charge in [0.1, 0.15) is 12.1 Å². The van der Waals surface area contributed by atoms with Gasteiger partial charge >= 0.3 is 0 Å². The average Bonchev–Trinajstić information content (AvgIpc) is 2.27. The molecule has 0 bridgehead atoms. The summed E-state index contributed by atoms with van der Waals surface area (Å²) in [5.41, 5.74) is 0. The fraction of sp³-hybridized carbons (Fsp3) is 1.00. The van der Waals surface area contributed by atoms with E-state index in [0.717, 1.165) is 25.7 Å². The minimum atomic E-state index is -0.368. The molecule has 0 aromatic carbocycles. The molecule has 2 atom stereocenters. The SMILES string of the molecule is CC1CCC(N=O)C(N=O)CC1. The summed E-state index contributed by atoms with van der Waals surface area (Å²) in [6.45, 7) is 2.13. The lowest BCUT2D eigenvalue weighted by atomic mass is 10.0. The molecule has 1 aliphatic carbocycles. The molecule has 0 aromatic rings. The first-order valence-corrected chi connectivity index (χ1v) is 4.43. The van der Waals surface area contributed by atoms with Gasteiger partial charge in [0.2, 0.25) is 0 Å². The van der Waals surface area contributed by atoms with Crippen LogP contribution in [0.4, 0.5) is 0 Å². The van der Waals surface area contributed by atoms with Crippen molar-refractivity contribution in [3.05, 3.63) is 9.81 Å². The Labute approximate surface area is 71.7 Å². The molecular weight excluding hydrogens is 156 g/mol. The van der Waals surface area contributed by atoms with Gasteiger partial charge in [-0.1, -0.05) is 17.3 Å². The Kier molecular flexibility index (Phi) is 3.31. The lowest BCUT2D eigenvalue weighted by molar-refractivity contribution is 0.499. The Morgan fingerprint density at radius 1 is 0.917 bits per heavy atom. The van der Waals surface area contributed by atoms with Crippen LogP contribution in [0.5, 0.6) is 0 Å². The molecule has 1 saturated carbocycles. The monoisotopic (exact) mass is 170 g/mol. The minimum absolute atomic E-state index is 0.368. The molecule has 0 radical (unpaired) electrons. The van der Waals surface area contributed by atoms with Crippen LogP contribution < -0.4 is 0 Å². The quantitative estimate of drug-likeness (QED) is 0.472. The molecule has 0 aromatic heterocycles. The molecule has 12 heavy (non-hydrogen) atoms. The van der Waals surface area contributed by atoms with Crippen LogP contribution in [0.2, 0.25) is 0 Å². The minimum Gasteiger partial charge on any atom is -0.150 e. The van der Waals surface area contributed by atoms with E-state index in [1.807, 2.05) is 0 Å². The number of nitrogens with zero attached hydrogens (tertiary/aromatic N) is 2. The van der Waals surface area contributed by atoms with E-state index in [2.05, 4.69) is 17.3 Å². The molecule has 2 unspecified atom stereocenters. The summed E-state index contributed by atoms with van der Waals surface area (Å²) in [6, 6.07) is -0.736. The van der Waals surface area contributed by atoms with Gasteiger partial charge in [0.15, 0.2) is 0 Å². The number of rotatable bonds is 2. The van der Waals surface area contributed by atoms with Crippen molar-refractivity contribution in [1.82, 2.24) is 0 Å². The summed E-state index contributed by atoms with van der Waals surface area (Å²) in [5, 5.41) is 5.90. The van der Waals surface area contributed by atoms with Crippen LogP contribution in [0.15, 0.2) is 10.4 Å². The van der Waals surface area contributed by atoms with Crippen LogP contribution in [0, 0.1) is 15.7 Å². The van der Waals surface area contributed by atoms with Crippen LogP contribution in [-0.4, -0.2) is 12.1 Å². The molecule has 0 heterocycles. The van der Waals surface area contributed by atoms with Crippen LogP contribution in [0.3, 0.4) is 0 Å². The van der Waals surface area contributed by atoms with E-state index in [0.29, 0.717) is 5.92 Å². The number of nitroso groups, excluding NO2 is 2. The van der Waals surface area contributed by atoms with Crippen molar-refractivity contribution in [2.45, 2.75) is 44.7 Å². The molecule has 1 fully saturated rings. The molecule has 68 valence electrons. The molecule has 4 nitrogen and oxygen atoms in total. The Morgan fingerprint density at radius 3 is 1.67 bits per heavy atom. The second-order valence-corrected chi connectivity index (χ2v) is 3.61. The summed E-state index contributed by atoms with van der Waals surface area (Å²) < 4.78 is 0. The van der Waals surface area contributed by atoms with Crippen molar-refractivity contribution in [3.63, 3.8) is 0 Å². The van der Waals surface area contributed by atoms with Gasteiger partial charge in [-0.05, 0) is 31.6 Å². The van der Waals surface area contributed by atoms with Crippen molar-refractivity contribution in [1.29, 1.82) is 0 Å². The van der Waals surface area contributed by atoms with Gasteiger partial charge in [0, 0.05) is 0 Å². The Morgan fingerprint density at radius 2 is 1.33 bits per heavy atom. The smallest absolute Gasteiger partial charge is 0.118 e. The van der Waals surface area contributed by atoms with Gasteiger partial charge in [-0.15, -0.1) is 0 Å². The summed E-state index contributed by atoms with van der Waals surface area (Å²) in [5.74, 6) is 0.598. The summed E-state index contributed by atoms with van der Waals surface area (Å²) in [6.07, 6.45) is 3.42. The van der Waals surface area contributed by atoms with Gasteiger partial charge in [0.25, 0.3) is 0 Å². The first kappa shape index (κ1) is 9.29. The van der Waals surface area contributed by atoms with Gasteiger partial charge < -0.3 is 0 Å². The molecule has 0 N–H and O–H groups in total. The highest BCUT2D eigenvalue weighted by molar-refractivity contribution is 4.85. The fourth-order valence-electron chi connectivity index (χ4n) is 1.69. The topological polar surface area (TPSA) is 58.9 Å². The molecule has 0 saturated heterocycles. The zero-order chi connectivity index (χ0) is 8.97. The fourth-order valence-corrected chi connectivity index (χ4v) is 1.69. The van der Waals surface area contributed by atoms with Gasteiger partial charge in [-0.2, -0.15) is 9.81 Å². The third-order valence-corrected chi connectivity index (χ3v) is 2.63. The van der Waals surface area contributed by atoms with Gasteiger partial charge in [-0.3, -0.25) is 0 Å². The van der Waals surface area contributed by atoms with E-state index in [4.69, 9.17) is 0 Å². The molecule has 0 aliphatic heterocycles. The molecule has 0 spiro atoms. The Hall–Kier alpha value is -0.800. The zero-order valence-electron chi connectivity index (χ0n) is 7.27. The van der Waals surface area contributed by atoms with E-state index >= 15 is 0 Å². The van der Waals surface area contributed by atoms with E-state index in [9.17, 15) is 9.81 Å². The van der Waals surface area contributed by atoms with Crippen LogP contribution in [-0.2, 0) is 0 Å². The molecule has 1 aliphatic rings. The van der Waals surface area contributed by atoms with Gasteiger partial charge in [-0.25, -0.2) is 0 Å². The Bertz CT molecular complexity index is 154. The summed E-state index contributed by atoms with van der Waals surface area (Å²) in [7, 11) is 0. The van der Waals surface area contributed by atoms with E-state index in [1.54, 1.807) is 0 Å². The molecule has 4 heteroatoms. The standard InChI is InChI=1S/C8H14N2O2/c1-6-2-4-7(9-11)8(10-12)5-3-6/h6-8H,2-5H2,1H3. The Balaban J connectivity index is 2.58. The van der Waals surface area contributed by atoms with E-state index in [1.165, 1.54) is 0 Å². The highest BCUT2D eigenvalue weighted by atomic mass is 16.3. The number of hydrogen-bond acceptors (Lipinski definition) is 4. The van der Waals surface area contributed by atoms with E-state index < -0.39 is 0 Å². The highest BCUT2D eigenvalue weighted by Gasteiger charge is 2.27. The maximum absolute atomic E-state index is 10.3. The molecular formula is C8H14N2O2. The van der Waals surface area contributed by atoms with Crippen molar-refractivity contribution in [2.75, 3.05) is 0 Å².